The van der Waals surface area contributed by atoms with E-state index in [2.05, 4.69) is 4.98 Å². The molecule has 0 saturated carbocycles. The van der Waals surface area contributed by atoms with Gasteiger partial charge in [0, 0.05) is 6.20 Å². The molecule has 5 rings (SSSR count). The number of anilines is 1. The van der Waals surface area contributed by atoms with Crippen LogP contribution >= 0.6 is 22.9 Å². The van der Waals surface area contributed by atoms with Crippen molar-refractivity contribution in [3.63, 3.8) is 0 Å². The lowest BCUT2D eigenvalue weighted by Gasteiger charge is -2.33. The zero-order valence-electron chi connectivity index (χ0n) is 17.9. The second-order valence-electron chi connectivity index (χ2n) is 7.48. The van der Waals surface area contributed by atoms with Gasteiger partial charge in [-0.3, -0.25) is 14.7 Å². The van der Waals surface area contributed by atoms with E-state index in [1.165, 1.54) is 11.3 Å². The predicted molar refractivity (Wildman–Crippen MR) is 128 cm³/mol. The molecule has 2 aromatic heterocycles. The van der Waals surface area contributed by atoms with Crippen molar-refractivity contribution >= 4 is 44.2 Å². The molecule has 0 aliphatic carbocycles. The number of pyridine rings is 1. The van der Waals surface area contributed by atoms with Crippen LogP contribution < -0.4 is 19.1 Å². The summed E-state index contributed by atoms with van der Waals surface area (Å²) in [5.74, 6) is 1.45. The number of methoxy groups -OCH3 is 1. The van der Waals surface area contributed by atoms with Crippen molar-refractivity contribution in [3.8, 4) is 17.2 Å². The molecular weight excluding hydrogens is 462 g/mol. The second kappa shape index (κ2) is 8.88. The molecule has 0 fully saturated rings. The largest absolute Gasteiger partial charge is 0.494 e. The average Bonchev–Trinajstić information content (AvgIpc) is 3.29. The third kappa shape index (κ3) is 4.07. The molecule has 0 bridgehead atoms. The zero-order chi connectivity index (χ0) is 22.9. The van der Waals surface area contributed by atoms with E-state index in [1.54, 1.807) is 36.4 Å². The van der Waals surface area contributed by atoms with Crippen LogP contribution in [0.25, 0.3) is 10.2 Å². The monoisotopic (exact) mass is 481 g/mol. The van der Waals surface area contributed by atoms with E-state index in [1.807, 2.05) is 43.3 Å². The molecule has 1 aliphatic rings. The lowest BCUT2D eigenvalue weighted by atomic mass is 10.1. The molecule has 33 heavy (non-hydrogen) atoms. The molecule has 2 aromatic carbocycles. The van der Waals surface area contributed by atoms with Gasteiger partial charge in [-0.2, -0.15) is 0 Å². The molecule has 1 aliphatic heterocycles. The van der Waals surface area contributed by atoms with Gasteiger partial charge >= 0.3 is 0 Å². The van der Waals surface area contributed by atoms with Crippen molar-refractivity contribution in [3.05, 3.63) is 71.5 Å². The second-order valence-corrected chi connectivity index (χ2v) is 8.86. The maximum atomic E-state index is 13.8. The first-order chi connectivity index (χ1) is 16.0. The van der Waals surface area contributed by atoms with Crippen molar-refractivity contribution in [2.24, 2.45) is 0 Å². The van der Waals surface area contributed by atoms with Crippen LogP contribution in [0.1, 0.15) is 12.6 Å². The van der Waals surface area contributed by atoms with Crippen LogP contribution in [-0.2, 0) is 11.3 Å². The summed E-state index contributed by atoms with van der Waals surface area (Å²) in [5.41, 5.74) is 1.32. The highest BCUT2D eigenvalue weighted by molar-refractivity contribution is 7.23. The smallest absolute Gasteiger partial charge is 0.274 e. The molecule has 7 nitrogen and oxygen atoms in total. The summed E-state index contributed by atoms with van der Waals surface area (Å²) < 4.78 is 18.2. The SMILES string of the molecule is COc1ccc(Cl)c2sc(N(Cc3ccccn3)C(=O)C3Oc4ccccc4OC3C)nc12. The van der Waals surface area contributed by atoms with E-state index in [9.17, 15) is 4.79 Å². The lowest BCUT2D eigenvalue weighted by molar-refractivity contribution is -0.130. The summed E-state index contributed by atoms with van der Waals surface area (Å²) in [6, 6.07) is 16.4. The molecule has 0 saturated heterocycles. The normalized spacial score (nSPS) is 17.1. The van der Waals surface area contributed by atoms with Crippen LogP contribution in [0.5, 0.6) is 17.2 Å². The van der Waals surface area contributed by atoms with Crippen LogP contribution in [0, 0.1) is 0 Å². The topological polar surface area (TPSA) is 73.8 Å². The molecule has 0 radical (unpaired) electrons. The summed E-state index contributed by atoms with van der Waals surface area (Å²) in [6.07, 6.45) is 0.342. The Bertz CT molecular complexity index is 1310. The average molecular weight is 482 g/mol. The first-order valence-corrected chi connectivity index (χ1v) is 11.5. The van der Waals surface area contributed by atoms with Gasteiger partial charge in [-0.25, -0.2) is 4.98 Å². The fourth-order valence-electron chi connectivity index (χ4n) is 3.66. The highest BCUT2D eigenvalue weighted by Crippen LogP contribution is 2.40. The van der Waals surface area contributed by atoms with Crippen LogP contribution in [-0.4, -0.2) is 35.2 Å². The molecule has 9 heteroatoms. The maximum Gasteiger partial charge on any atom is 0.274 e. The Labute approximate surface area is 199 Å². The quantitative estimate of drug-likeness (QED) is 0.394. The molecular formula is C24H20ClN3O4S. The lowest BCUT2D eigenvalue weighted by Crippen LogP contribution is -2.50. The number of hydrogen-bond donors (Lipinski definition) is 0. The van der Waals surface area contributed by atoms with Gasteiger partial charge in [-0.1, -0.05) is 41.1 Å². The van der Waals surface area contributed by atoms with E-state index in [-0.39, 0.29) is 12.5 Å². The summed E-state index contributed by atoms with van der Waals surface area (Å²) in [6.45, 7) is 2.03. The Morgan fingerprint density at radius 3 is 2.61 bits per heavy atom. The summed E-state index contributed by atoms with van der Waals surface area (Å²) in [7, 11) is 1.57. The molecule has 0 N–H and O–H groups in total. The van der Waals surface area contributed by atoms with Gasteiger partial charge in [0.25, 0.3) is 5.91 Å². The molecule has 0 spiro atoms. The van der Waals surface area contributed by atoms with Crippen molar-refractivity contribution in [2.75, 3.05) is 12.0 Å². The van der Waals surface area contributed by atoms with Gasteiger partial charge in [-0.05, 0) is 43.3 Å². The van der Waals surface area contributed by atoms with Gasteiger partial charge < -0.3 is 14.2 Å². The minimum Gasteiger partial charge on any atom is -0.494 e. The number of hydrogen-bond acceptors (Lipinski definition) is 7. The van der Waals surface area contributed by atoms with Crippen molar-refractivity contribution in [1.29, 1.82) is 0 Å². The number of benzene rings is 2. The number of carbonyl (C=O) groups excluding carboxylic acids is 1. The maximum absolute atomic E-state index is 13.8. The van der Waals surface area contributed by atoms with Gasteiger partial charge in [0.15, 0.2) is 16.6 Å². The molecule has 3 heterocycles. The zero-order valence-corrected chi connectivity index (χ0v) is 19.5. The van der Waals surface area contributed by atoms with E-state index in [0.29, 0.717) is 38.6 Å². The Morgan fingerprint density at radius 1 is 1.12 bits per heavy atom. The molecule has 168 valence electrons. The fourth-order valence-corrected chi connectivity index (χ4v) is 4.92. The number of aromatic nitrogens is 2. The standard InChI is InChI=1S/C24H20ClN3O4S/c1-14-21(32-18-9-4-3-8-17(18)31-14)23(29)28(13-15-7-5-6-12-26-15)24-27-20-19(30-2)11-10-16(25)22(20)33-24/h3-12,14,21H,13H2,1-2H3. The van der Waals surface area contributed by atoms with Gasteiger partial charge in [-0.15, -0.1) is 0 Å². The van der Waals surface area contributed by atoms with E-state index < -0.39 is 12.2 Å². The van der Waals surface area contributed by atoms with E-state index in [4.69, 9.17) is 30.8 Å². The number of thiazole rings is 1. The van der Waals surface area contributed by atoms with Gasteiger partial charge in [0.05, 0.1) is 29.1 Å². The summed E-state index contributed by atoms with van der Waals surface area (Å²) in [5, 5.41) is 1.01. The number of ether oxygens (including phenoxy) is 3. The summed E-state index contributed by atoms with van der Waals surface area (Å²) >= 11 is 7.74. The Balaban J connectivity index is 1.56. The Morgan fingerprint density at radius 2 is 1.88 bits per heavy atom. The van der Waals surface area contributed by atoms with E-state index >= 15 is 0 Å². The minimum absolute atomic E-state index is 0.216. The number of nitrogens with zero attached hydrogens (tertiary/aromatic N) is 3. The number of fused-ring (bicyclic) bond motifs is 2. The predicted octanol–water partition coefficient (Wildman–Crippen LogP) is 5.12. The van der Waals surface area contributed by atoms with Crippen LogP contribution in [0.2, 0.25) is 5.02 Å². The Kier molecular flexibility index (Phi) is 5.78. The van der Waals surface area contributed by atoms with Crippen LogP contribution in [0.4, 0.5) is 5.13 Å². The fraction of sp³-hybridized carbons (Fsp3) is 0.208. The molecule has 1 amide bonds. The van der Waals surface area contributed by atoms with E-state index in [0.717, 1.165) is 4.70 Å². The van der Waals surface area contributed by atoms with Crippen molar-refractivity contribution in [1.82, 2.24) is 9.97 Å². The van der Waals surface area contributed by atoms with Gasteiger partial charge in [0.1, 0.15) is 17.4 Å². The van der Waals surface area contributed by atoms with Crippen molar-refractivity contribution in [2.45, 2.75) is 25.7 Å². The first kappa shape index (κ1) is 21.5. The first-order valence-electron chi connectivity index (χ1n) is 10.3. The highest BCUT2D eigenvalue weighted by atomic mass is 35.5. The third-order valence-electron chi connectivity index (χ3n) is 5.30. The van der Waals surface area contributed by atoms with Crippen LogP contribution in [0.15, 0.2) is 60.8 Å². The van der Waals surface area contributed by atoms with Crippen LogP contribution in [0.3, 0.4) is 0 Å². The summed E-state index contributed by atoms with van der Waals surface area (Å²) in [4.78, 5) is 24.5. The number of halogens is 1. The van der Waals surface area contributed by atoms with Crippen molar-refractivity contribution < 1.29 is 19.0 Å². The molecule has 2 atom stereocenters. The number of carbonyl (C=O) groups is 1. The minimum atomic E-state index is -0.854. The third-order valence-corrected chi connectivity index (χ3v) is 6.83. The number of amides is 1. The molecule has 4 aromatic rings. The Hall–Kier alpha value is -3.36. The highest BCUT2D eigenvalue weighted by Gasteiger charge is 2.38. The molecule has 2 unspecified atom stereocenters. The van der Waals surface area contributed by atoms with Gasteiger partial charge in [0.2, 0.25) is 6.10 Å². The number of para-hydroxylation sites is 2. The number of rotatable bonds is 5.